The fraction of sp³-hybridized carbons (Fsp3) is 0.462. The number of fused-ring (bicyclic) bond motifs is 1. The van der Waals surface area contributed by atoms with E-state index in [9.17, 15) is 4.79 Å². The molecule has 0 saturated heterocycles. The average molecular weight is 354 g/mol. The molecule has 1 aliphatic carbocycles. The summed E-state index contributed by atoms with van der Waals surface area (Å²) >= 11 is 3.51. The lowest BCUT2D eigenvalue weighted by atomic mass is 9.84. The average Bonchev–Trinajstić information content (AvgIpc) is 2.78. The molecule has 1 aliphatic rings. The van der Waals surface area contributed by atoms with Gasteiger partial charge in [-0.1, -0.05) is 0 Å². The molecule has 0 aromatic carbocycles. The van der Waals surface area contributed by atoms with E-state index in [-0.39, 0.29) is 6.04 Å². The summed E-state index contributed by atoms with van der Waals surface area (Å²) in [4.78, 5) is 14.7. The number of rotatable bonds is 2. The first kappa shape index (κ1) is 14.1. The highest BCUT2D eigenvalue weighted by atomic mass is 79.9. The van der Waals surface area contributed by atoms with Crippen LogP contribution in [0.5, 0.6) is 0 Å². The molecule has 0 atom stereocenters. The van der Waals surface area contributed by atoms with Crippen LogP contribution < -0.4 is 11.1 Å². The molecule has 21 heavy (non-hydrogen) atoms. The SMILES string of the molecule is Nc1ncnn2c(C3CCC(NC(=O)O)CC3)cc(Br)c12. The van der Waals surface area contributed by atoms with Gasteiger partial charge in [-0.3, -0.25) is 0 Å². The number of hydrogen-bond acceptors (Lipinski definition) is 4. The van der Waals surface area contributed by atoms with Gasteiger partial charge < -0.3 is 16.2 Å². The van der Waals surface area contributed by atoms with Crippen molar-refractivity contribution in [3.8, 4) is 0 Å². The van der Waals surface area contributed by atoms with Crippen molar-refractivity contribution in [1.29, 1.82) is 0 Å². The second kappa shape index (κ2) is 5.51. The zero-order chi connectivity index (χ0) is 15.0. The van der Waals surface area contributed by atoms with E-state index in [0.717, 1.165) is 41.4 Å². The lowest BCUT2D eigenvalue weighted by Crippen LogP contribution is -2.36. The van der Waals surface area contributed by atoms with Gasteiger partial charge in [0.15, 0.2) is 5.82 Å². The molecule has 2 aromatic rings. The molecule has 1 fully saturated rings. The van der Waals surface area contributed by atoms with Crippen LogP contribution in [-0.4, -0.2) is 31.8 Å². The van der Waals surface area contributed by atoms with Crippen LogP contribution in [0.1, 0.15) is 37.3 Å². The van der Waals surface area contributed by atoms with Crippen molar-refractivity contribution >= 4 is 33.4 Å². The summed E-state index contributed by atoms with van der Waals surface area (Å²) in [6.45, 7) is 0. The third kappa shape index (κ3) is 2.67. The molecule has 0 radical (unpaired) electrons. The first-order valence-electron chi connectivity index (χ1n) is 6.83. The van der Waals surface area contributed by atoms with Gasteiger partial charge in [-0.15, -0.1) is 0 Å². The lowest BCUT2D eigenvalue weighted by molar-refractivity contribution is 0.184. The molecule has 1 saturated carbocycles. The first-order chi connectivity index (χ1) is 10.1. The number of anilines is 1. The standard InChI is InChI=1S/C13H16BrN5O2/c14-9-5-10(19-11(9)12(15)16-6-17-19)7-1-3-8(4-2-7)18-13(20)21/h5-8,18H,1-4H2,(H,20,21)(H2,15,16,17). The summed E-state index contributed by atoms with van der Waals surface area (Å²) in [5.41, 5.74) is 7.79. The number of amides is 1. The Balaban J connectivity index is 1.83. The van der Waals surface area contributed by atoms with Crippen LogP contribution in [-0.2, 0) is 0 Å². The van der Waals surface area contributed by atoms with Crippen LogP contribution >= 0.6 is 15.9 Å². The second-order valence-electron chi connectivity index (χ2n) is 5.32. The molecule has 8 heteroatoms. The van der Waals surface area contributed by atoms with Crippen molar-refractivity contribution in [2.75, 3.05) is 5.73 Å². The molecule has 3 rings (SSSR count). The summed E-state index contributed by atoms with van der Waals surface area (Å²) in [6.07, 6.45) is 4.02. The predicted molar refractivity (Wildman–Crippen MR) is 81.3 cm³/mol. The molecule has 2 aromatic heterocycles. The Bertz CT molecular complexity index is 678. The molecule has 0 unspecified atom stereocenters. The van der Waals surface area contributed by atoms with Crippen LogP contribution in [0.25, 0.3) is 5.52 Å². The molecule has 1 amide bonds. The van der Waals surface area contributed by atoms with Crippen molar-refractivity contribution in [3.63, 3.8) is 0 Å². The Morgan fingerprint density at radius 3 is 2.81 bits per heavy atom. The monoisotopic (exact) mass is 353 g/mol. The number of carbonyl (C=O) groups is 1. The Morgan fingerprint density at radius 1 is 1.43 bits per heavy atom. The molecule has 4 N–H and O–H groups in total. The third-order valence-electron chi connectivity index (χ3n) is 4.04. The van der Waals surface area contributed by atoms with Gasteiger partial charge in [0.1, 0.15) is 11.8 Å². The normalized spacial score (nSPS) is 22.3. The molecule has 7 nitrogen and oxygen atoms in total. The predicted octanol–water partition coefficient (Wildman–Crippen LogP) is 2.37. The van der Waals surface area contributed by atoms with Gasteiger partial charge in [-0.05, 0) is 47.7 Å². The minimum absolute atomic E-state index is 0.0492. The Hall–Kier alpha value is -1.83. The smallest absolute Gasteiger partial charge is 0.404 e. The summed E-state index contributed by atoms with van der Waals surface area (Å²) in [5.74, 6) is 0.800. The van der Waals surface area contributed by atoms with Crippen molar-refractivity contribution in [2.24, 2.45) is 0 Å². The fourth-order valence-corrected chi connectivity index (χ4v) is 3.65. The number of halogens is 1. The molecule has 0 bridgehead atoms. The zero-order valence-corrected chi connectivity index (χ0v) is 12.9. The van der Waals surface area contributed by atoms with Crippen molar-refractivity contribution in [3.05, 3.63) is 22.6 Å². The van der Waals surface area contributed by atoms with Crippen molar-refractivity contribution < 1.29 is 9.90 Å². The van der Waals surface area contributed by atoms with E-state index in [1.165, 1.54) is 6.33 Å². The van der Waals surface area contributed by atoms with Crippen LogP contribution in [0.15, 0.2) is 16.9 Å². The zero-order valence-electron chi connectivity index (χ0n) is 11.3. The van der Waals surface area contributed by atoms with E-state index in [2.05, 4.69) is 31.3 Å². The maximum atomic E-state index is 10.7. The summed E-state index contributed by atoms with van der Waals surface area (Å²) in [6, 6.07) is 2.09. The molecule has 0 spiro atoms. The van der Waals surface area contributed by atoms with Crippen molar-refractivity contribution in [2.45, 2.75) is 37.6 Å². The van der Waals surface area contributed by atoms with E-state index < -0.39 is 6.09 Å². The minimum atomic E-state index is -0.949. The number of aromatic nitrogens is 3. The van der Waals surface area contributed by atoms with E-state index in [1.807, 2.05) is 10.6 Å². The van der Waals surface area contributed by atoms with Crippen LogP contribution in [0.4, 0.5) is 10.6 Å². The second-order valence-corrected chi connectivity index (χ2v) is 6.18. The Labute approximate surface area is 129 Å². The van der Waals surface area contributed by atoms with Gasteiger partial charge >= 0.3 is 6.09 Å². The number of nitrogens with zero attached hydrogens (tertiary/aromatic N) is 3. The number of nitrogens with two attached hydrogens (primary N) is 1. The lowest BCUT2D eigenvalue weighted by Gasteiger charge is -2.28. The Morgan fingerprint density at radius 2 is 2.14 bits per heavy atom. The first-order valence-corrected chi connectivity index (χ1v) is 7.62. The summed E-state index contributed by atoms with van der Waals surface area (Å²) < 4.78 is 2.73. The van der Waals surface area contributed by atoms with E-state index in [1.54, 1.807) is 0 Å². The summed E-state index contributed by atoms with van der Waals surface area (Å²) in [5, 5.41) is 15.6. The maximum Gasteiger partial charge on any atom is 0.404 e. The van der Waals surface area contributed by atoms with Gasteiger partial charge in [0.2, 0.25) is 0 Å². The third-order valence-corrected chi connectivity index (χ3v) is 4.64. The molecular weight excluding hydrogens is 338 g/mol. The highest BCUT2D eigenvalue weighted by molar-refractivity contribution is 9.10. The van der Waals surface area contributed by atoms with Crippen LogP contribution in [0.3, 0.4) is 0 Å². The quantitative estimate of drug-likeness (QED) is 0.768. The number of nitrogen functional groups attached to an aromatic ring is 1. The number of hydrogen-bond donors (Lipinski definition) is 3. The molecule has 0 aliphatic heterocycles. The van der Waals surface area contributed by atoms with E-state index in [4.69, 9.17) is 10.8 Å². The highest BCUT2D eigenvalue weighted by Gasteiger charge is 2.26. The van der Waals surface area contributed by atoms with Gasteiger partial charge in [0, 0.05) is 22.1 Å². The molecule has 112 valence electrons. The fourth-order valence-electron chi connectivity index (χ4n) is 3.04. The van der Waals surface area contributed by atoms with Gasteiger partial charge in [-0.25, -0.2) is 14.3 Å². The number of nitrogens with one attached hydrogen (secondary N) is 1. The summed E-state index contributed by atoms with van der Waals surface area (Å²) in [7, 11) is 0. The highest BCUT2D eigenvalue weighted by Crippen LogP contribution is 2.36. The van der Waals surface area contributed by atoms with Crippen molar-refractivity contribution in [1.82, 2.24) is 19.9 Å². The maximum absolute atomic E-state index is 10.7. The van der Waals surface area contributed by atoms with E-state index >= 15 is 0 Å². The van der Waals surface area contributed by atoms with Crippen LogP contribution in [0.2, 0.25) is 0 Å². The largest absolute Gasteiger partial charge is 0.465 e. The number of carboxylic acid groups (broad SMARTS) is 1. The van der Waals surface area contributed by atoms with Gasteiger partial charge in [0.25, 0.3) is 0 Å². The van der Waals surface area contributed by atoms with E-state index in [0.29, 0.717) is 11.7 Å². The van der Waals surface area contributed by atoms with Crippen LogP contribution in [0, 0.1) is 0 Å². The van der Waals surface area contributed by atoms with Gasteiger partial charge in [0.05, 0.1) is 0 Å². The topological polar surface area (TPSA) is 106 Å². The Kier molecular flexibility index (Phi) is 3.71. The molecule has 2 heterocycles. The van der Waals surface area contributed by atoms with Gasteiger partial charge in [-0.2, -0.15) is 5.10 Å². The minimum Gasteiger partial charge on any atom is -0.465 e. The molecular formula is C13H16BrN5O2.